The SMILES string of the molecule is O=S(=O)(NCC[C@H](O)c1ccoc1)c1ccc(Br)s1. The Morgan fingerprint density at radius 1 is 1.42 bits per heavy atom. The van der Waals surface area contributed by atoms with Crippen molar-refractivity contribution in [3.05, 3.63) is 40.1 Å². The first kappa shape index (κ1) is 14.7. The van der Waals surface area contributed by atoms with Crippen LogP contribution < -0.4 is 4.72 Å². The normalized spacial score (nSPS) is 13.6. The third kappa shape index (κ3) is 3.90. The minimum Gasteiger partial charge on any atom is -0.472 e. The van der Waals surface area contributed by atoms with E-state index in [-0.39, 0.29) is 17.2 Å². The summed E-state index contributed by atoms with van der Waals surface area (Å²) in [5.41, 5.74) is 0.637. The lowest BCUT2D eigenvalue weighted by atomic mass is 10.1. The zero-order valence-corrected chi connectivity index (χ0v) is 13.0. The molecule has 0 aliphatic carbocycles. The molecule has 0 saturated heterocycles. The van der Waals surface area contributed by atoms with Crippen molar-refractivity contribution in [2.45, 2.75) is 16.7 Å². The molecule has 0 radical (unpaired) electrons. The van der Waals surface area contributed by atoms with Crippen molar-refractivity contribution in [1.29, 1.82) is 0 Å². The predicted octanol–water partition coefficient (Wildman–Crippen LogP) is 2.51. The fourth-order valence-electron chi connectivity index (χ4n) is 1.47. The van der Waals surface area contributed by atoms with Crippen LogP contribution in [0.1, 0.15) is 18.1 Å². The van der Waals surface area contributed by atoms with Gasteiger partial charge in [0, 0.05) is 12.1 Å². The summed E-state index contributed by atoms with van der Waals surface area (Å²) in [6.07, 6.45) is 2.45. The second kappa shape index (κ2) is 6.19. The predicted molar refractivity (Wildman–Crippen MR) is 75.5 cm³/mol. The van der Waals surface area contributed by atoms with Gasteiger partial charge < -0.3 is 9.52 Å². The zero-order valence-electron chi connectivity index (χ0n) is 9.74. The van der Waals surface area contributed by atoms with E-state index in [2.05, 4.69) is 20.7 Å². The first-order valence-electron chi connectivity index (χ1n) is 5.44. The van der Waals surface area contributed by atoms with Crippen LogP contribution in [0.2, 0.25) is 0 Å². The van der Waals surface area contributed by atoms with Gasteiger partial charge >= 0.3 is 0 Å². The minimum atomic E-state index is -3.50. The summed E-state index contributed by atoms with van der Waals surface area (Å²) < 4.78 is 32.1. The van der Waals surface area contributed by atoms with Crippen LogP contribution in [0.3, 0.4) is 0 Å². The van der Waals surface area contributed by atoms with Crippen LogP contribution in [0.15, 0.2) is 43.1 Å². The quantitative estimate of drug-likeness (QED) is 0.823. The summed E-state index contributed by atoms with van der Waals surface area (Å²) in [4.78, 5) is 0. The highest BCUT2D eigenvalue weighted by atomic mass is 79.9. The first-order valence-corrected chi connectivity index (χ1v) is 8.53. The first-order chi connectivity index (χ1) is 8.99. The maximum atomic E-state index is 11.9. The van der Waals surface area contributed by atoms with Gasteiger partial charge in [-0.1, -0.05) is 0 Å². The van der Waals surface area contributed by atoms with Gasteiger partial charge in [0.25, 0.3) is 0 Å². The summed E-state index contributed by atoms with van der Waals surface area (Å²) in [5, 5.41) is 9.78. The Morgan fingerprint density at radius 2 is 2.21 bits per heavy atom. The highest BCUT2D eigenvalue weighted by Gasteiger charge is 2.17. The van der Waals surface area contributed by atoms with E-state index in [1.54, 1.807) is 12.1 Å². The van der Waals surface area contributed by atoms with E-state index in [0.717, 1.165) is 15.1 Å². The second-order valence-corrected chi connectivity index (χ2v) is 8.27. The van der Waals surface area contributed by atoms with Gasteiger partial charge in [-0.05, 0) is 40.5 Å². The molecule has 2 aromatic heterocycles. The van der Waals surface area contributed by atoms with Gasteiger partial charge in [0.15, 0.2) is 0 Å². The van der Waals surface area contributed by atoms with Crippen LogP contribution in [-0.2, 0) is 10.0 Å². The van der Waals surface area contributed by atoms with Crippen molar-refractivity contribution in [2.24, 2.45) is 0 Å². The van der Waals surface area contributed by atoms with E-state index >= 15 is 0 Å². The van der Waals surface area contributed by atoms with Crippen molar-refractivity contribution in [2.75, 3.05) is 6.54 Å². The van der Waals surface area contributed by atoms with Crippen LogP contribution in [0.25, 0.3) is 0 Å². The molecule has 19 heavy (non-hydrogen) atoms. The molecule has 0 saturated carbocycles. The van der Waals surface area contributed by atoms with Gasteiger partial charge in [0.1, 0.15) is 4.21 Å². The molecular weight excluding hydrogens is 354 g/mol. The number of furan rings is 1. The Morgan fingerprint density at radius 3 is 2.79 bits per heavy atom. The third-order valence-corrected chi connectivity index (χ3v) is 6.03. The van der Waals surface area contributed by atoms with Crippen LogP contribution in [0.5, 0.6) is 0 Å². The Labute approximate surface area is 123 Å². The van der Waals surface area contributed by atoms with E-state index in [4.69, 9.17) is 4.42 Å². The van der Waals surface area contributed by atoms with Crippen molar-refractivity contribution < 1.29 is 17.9 Å². The Hall–Kier alpha value is -0.670. The molecule has 0 fully saturated rings. The molecule has 0 bridgehead atoms. The Balaban J connectivity index is 1.89. The van der Waals surface area contributed by atoms with Gasteiger partial charge in [-0.15, -0.1) is 11.3 Å². The van der Waals surface area contributed by atoms with Gasteiger partial charge in [-0.3, -0.25) is 0 Å². The topological polar surface area (TPSA) is 79.5 Å². The molecule has 0 aliphatic heterocycles. The van der Waals surface area contributed by atoms with E-state index < -0.39 is 16.1 Å². The molecule has 5 nitrogen and oxygen atoms in total. The summed E-state index contributed by atoms with van der Waals surface area (Å²) in [6, 6.07) is 4.86. The largest absolute Gasteiger partial charge is 0.472 e. The lowest BCUT2D eigenvalue weighted by molar-refractivity contribution is 0.168. The number of rotatable bonds is 6. The number of nitrogens with one attached hydrogen (secondary N) is 1. The van der Waals surface area contributed by atoms with Crippen molar-refractivity contribution >= 4 is 37.3 Å². The summed E-state index contributed by atoms with van der Waals surface area (Å²) in [6.45, 7) is 0.157. The Bertz CT molecular complexity index is 621. The Kier molecular flexibility index (Phi) is 4.80. The van der Waals surface area contributed by atoms with Gasteiger partial charge in [-0.25, -0.2) is 13.1 Å². The molecular formula is C11H12BrNO4S2. The molecule has 0 spiro atoms. The zero-order chi connectivity index (χ0) is 13.9. The average Bonchev–Trinajstić information content (AvgIpc) is 2.99. The molecule has 2 aromatic rings. The summed E-state index contributed by atoms with van der Waals surface area (Å²) >= 11 is 4.36. The number of aliphatic hydroxyl groups excluding tert-OH is 1. The van der Waals surface area contributed by atoms with Crippen molar-refractivity contribution in [3.8, 4) is 0 Å². The lowest BCUT2D eigenvalue weighted by Gasteiger charge is -2.09. The maximum absolute atomic E-state index is 11.9. The average molecular weight is 366 g/mol. The van der Waals surface area contributed by atoms with E-state index in [1.807, 2.05) is 0 Å². The standard InChI is InChI=1S/C11H12BrNO4S2/c12-10-1-2-11(18-10)19(15,16)13-5-3-9(14)8-4-6-17-7-8/h1-2,4,6-7,9,13-14H,3,5H2/t9-/m0/s1. The number of hydrogen-bond acceptors (Lipinski definition) is 5. The van der Waals surface area contributed by atoms with E-state index in [1.165, 1.54) is 18.6 Å². The van der Waals surface area contributed by atoms with Crippen molar-refractivity contribution in [3.63, 3.8) is 0 Å². The number of aliphatic hydroxyl groups is 1. The lowest BCUT2D eigenvalue weighted by Crippen LogP contribution is -2.25. The van der Waals surface area contributed by atoms with Crippen LogP contribution in [0.4, 0.5) is 0 Å². The van der Waals surface area contributed by atoms with Gasteiger partial charge in [0.2, 0.25) is 10.0 Å². The van der Waals surface area contributed by atoms with Crippen molar-refractivity contribution in [1.82, 2.24) is 4.72 Å². The number of hydrogen-bond donors (Lipinski definition) is 2. The highest BCUT2D eigenvalue weighted by Crippen LogP contribution is 2.26. The van der Waals surface area contributed by atoms with Crippen LogP contribution in [-0.4, -0.2) is 20.1 Å². The molecule has 2 N–H and O–H groups in total. The molecule has 104 valence electrons. The number of halogens is 1. The van der Waals surface area contributed by atoms with Crippen LogP contribution >= 0.6 is 27.3 Å². The second-order valence-electron chi connectivity index (χ2n) is 3.82. The fourth-order valence-corrected chi connectivity index (χ4v) is 4.58. The molecule has 2 heterocycles. The molecule has 0 amide bonds. The molecule has 1 atom stereocenters. The molecule has 0 aromatic carbocycles. The fraction of sp³-hybridized carbons (Fsp3) is 0.273. The summed E-state index contributed by atoms with van der Waals surface area (Å²) in [7, 11) is -3.50. The number of thiophene rings is 1. The van der Waals surface area contributed by atoms with Crippen LogP contribution in [0, 0.1) is 0 Å². The smallest absolute Gasteiger partial charge is 0.250 e. The van der Waals surface area contributed by atoms with Gasteiger partial charge in [-0.2, -0.15) is 0 Å². The number of sulfonamides is 1. The third-order valence-electron chi connectivity index (χ3n) is 2.45. The molecule has 0 aliphatic rings. The minimum absolute atomic E-state index is 0.157. The highest BCUT2D eigenvalue weighted by molar-refractivity contribution is 9.11. The van der Waals surface area contributed by atoms with E-state index in [0.29, 0.717) is 5.56 Å². The maximum Gasteiger partial charge on any atom is 0.250 e. The molecule has 0 unspecified atom stereocenters. The van der Waals surface area contributed by atoms with E-state index in [9.17, 15) is 13.5 Å². The molecule has 2 rings (SSSR count). The van der Waals surface area contributed by atoms with Gasteiger partial charge in [0.05, 0.1) is 22.4 Å². The molecule has 8 heteroatoms. The monoisotopic (exact) mass is 365 g/mol. The summed E-state index contributed by atoms with van der Waals surface area (Å²) in [5.74, 6) is 0.